The van der Waals surface area contributed by atoms with Gasteiger partial charge in [-0.2, -0.15) is 0 Å². The van der Waals surface area contributed by atoms with E-state index in [0.717, 1.165) is 42.1 Å². The fourth-order valence-electron chi connectivity index (χ4n) is 11.7. The van der Waals surface area contributed by atoms with E-state index in [1.807, 2.05) is 5.56 Å². The molecule has 8 saturated carbocycles. The van der Waals surface area contributed by atoms with Gasteiger partial charge < -0.3 is 9.47 Å². The highest BCUT2D eigenvalue weighted by molar-refractivity contribution is 5.56. The molecular formula is C33H46O2. The number of ether oxygens (including phenoxy) is 2. The Hall–Kier alpha value is -1.02. The Labute approximate surface area is 212 Å². The summed E-state index contributed by atoms with van der Waals surface area (Å²) >= 11 is 0. The summed E-state index contributed by atoms with van der Waals surface area (Å²) in [5, 5.41) is 0. The Kier molecular flexibility index (Phi) is 4.73. The zero-order chi connectivity index (χ0) is 23.5. The van der Waals surface area contributed by atoms with Crippen LogP contribution in [0.25, 0.3) is 0 Å². The van der Waals surface area contributed by atoms with Crippen molar-refractivity contribution >= 4 is 0 Å². The zero-order valence-corrected chi connectivity index (χ0v) is 22.4. The van der Waals surface area contributed by atoms with Gasteiger partial charge in [0.25, 0.3) is 0 Å². The van der Waals surface area contributed by atoms with Crippen molar-refractivity contribution in [3.63, 3.8) is 0 Å². The molecule has 0 amide bonds. The van der Waals surface area contributed by atoms with Crippen LogP contribution >= 0.6 is 0 Å². The third-order valence-electron chi connectivity index (χ3n) is 12.2. The van der Waals surface area contributed by atoms with E-state index in [1.165, 1.54) is 82.8 Å². The van der Waals surface area contributed by atoms with Crippen molar-refractivity contribution in [2.75, 3.05) is 6.61 Å². The molecule has 10 rings (SSSR count). The molecule has 1 saturated heterocycles. The second-order valence-corrected chi connectivity index (χ2v) is 15.1. The molecule has 1 aromatic rings. The molecule has 0 N–H and O–H groups in total. The van der Waals surface area contributed by atoms with Gasteiger partial charge in [-0.25, -0.2) is 0 Å². The van der Waals surface area contributed by atoms with Crippen molar-refractivity contribution in [2.45, 2.75) is 127 Å². The molecule has 0 radical (unpaired) electrons. The number of epoxide rings is 1. The summed E-state index contributed by atoms with van der Waals surface area (Å²) < 4.78 is 12.7. The molecule has 1 aromatic carbocycles. The minimum Gasteiger partial charge on any atom is -0.488 e. The van der Waals surface area contributed by atoms with E-state index in [4.69, 9.17) is 9.47 Å². The van der Waals surface area contributed by atoms with Gasteiger partial charge in [-0.15, -0.1) is 0 Å². The maximum atomic E-state index is 6.97. The topological polar surface area (TPSA) is 21.8 Å². The maximum absolute atomic E-state index is 6.97. The molecule has 2 atom stereocenters. The highest BCUT2D eigenvalue weighted by Gasteiger charge is 2.58. The van der Waals surface area contributed by atoms with Crippen molar-refractivity contribution in [3.8, 4) is 5.75 Å². The molecule has 1 heterocycles. The van der Waals surface area contributed by atoms with Crippen molar-refractivity contribution in [1.82, 2.24) is 0 Å². The number of benzene rings is 1. The van der Waals surface area contributed by atoms with Gasteiger partial charge in [-0.1, -0.05) is 19.9 Å². The summed E-state index contributed by atoms with van der Waals surface area (Å²) in [4.78, 5) is 0. The van der Waals surface area contributed by atoms with Crippen LogP contribution in [0.3, 0.4) is 0 Å². The van der Waals surface area contributed by atoms with Gasteiger partial charge in [0, 0.05) is 11.0 Å². The largest absolute Gasteiger partial charge is 0.488 e. The molecule has 0 aromatic heterocycles. The minimum absolute atomic E-state index is 0.164. The third kappa shape index (κ3) is 3.37. The summed E-state index contributed by atoms with van der Waals surface area (Å²) in [6, 6.07) is 4.94. The summed E-state index contributed by atoms with van der Waals surface area (Å²) in [6.07, 6.45) is 18.3. The second kappa shape index (κ2) is 7.52. The molecule has 8 aliphatic carbocycles. The average molecular weight is 475 g/mol. The van der Waals surface area contributed by atoms with Gasteiger partial charge in [0.15, 0.2) is 0 Å². The van der Waals surface area contributed by atoms with E-state index in [0.29, 0.717) is 22.9 Å². The van der Waals surface area contributed by atoms with Crippen LogP contribution in [0.15, 0.2) is 12.1 Å². The van der Waals surface area contributed by atoms with Gasteiger partial charge >= 0.3 is 0 Å². The first-order valence-corrected chi connectivity index (χ1v) is 15.4. The van der Waals surface area contributed by atoms with Crippen molar-refractivity contribution in [1.29, 1.82) is 0 Å². The van der Waals surface area contributed by atoms with Crippen LogP contribution in [0.4, 0.5) is 0 Å². The van der Waals surface area contributed by atoms with E-state index < -0.39 is 0 Å². The number of rotatable bonds is 6. The summed E-state index contributed by atoms with van der Waals surface area (Å²) in [6.45, 7) is 8.05. The van der Waals surface area contributed by atoms with E-state index >= 15 is 0 Å². The molecule has 1 aliphatic heterocycles. The molecule has 2 nitrogen and oxygen atoms in total. The van der Waals surface area contributed by atoms with Crippen LogP contribution in [0.5, 0.6) is 5.75 Å². The fourth-order valence-corrected chi connectivity index (χ4v) is 11.7. The lowest BCUT2D eigenvalue weighted by molar-refractivity contribution is -0.0192. The van der Waals surface area contributed by atoms with Crippen LogP contribution in [0, 0.1) is 35.5 Å². The Morgan fingerprint density at radius 1 is 0.686 bits per heavy atom. The first-order valence-electron chi connectivity index (χ1n) is 15.4. The fraction of sp³-hybridized carbons (Fsp3) is 0.818. The first kappa shape index (κ1) is 22.0. The Bertz CT molecular complexity index is 946. The standard InChI is InChI=1S/C33H46O2/c1-19(2)27-4-5-28(35-20(3)29-18-34-29)31(33-15-24-9-25(16-33)11-26(10-24)17-33)30(27)32-12-21-6-22(13-32)8-23(7-21)14-32/h4-5,19-26,29H,6-18H2,1-3H3. The lowest BCUT2D eigenvalue weighted by Crippen LogP contribution is -2.53. The highest BCUT2D eigenvalue weighted by Crippen LogP contribution is 2.67. The van der Waals surface area contributed by atoms with Crippen LogP contribution < -0.4 is 4.74 Å². The summed E-state index contributed by atoms with van der Waals surface area (Å²) in [5.41, 5.74) is 6.07. The molecule has 9 fully saturated rings. The zero-order valence-electron chi connectivity index (χ0n) is 22.4. The van der Waals surface area contributed by atoms with Crippen LogP contribution in [-0.4, -0.2) is 18.8 Å². The summed E-state index contributed by atoms with van der Waals surface area (Å²) in [7, 11) is 0. The smallest absolute Gasteiger partial charge is 0.124 e. The minimum atomic E-state index is 0.164. The van der Waals surface area contributed by atoms with Gasteiger partial charge in [0.05, 0.1) is 6.61 Å². The van der Waals surface area contributed by atoms with Gasteiger partial charge in [0.2, 0.25) is 0 Å². The molecule has 2 unspecified atom stereocenters. The third-order valence-corrected chi connectivity index (χ3v) is 12.2. The quantitative estimate of drug-likeness (QED) is 0.391. The molecular weight excluding hydrogens is 428 g/mol. The van der Waals surface area contributed by atoms with Gasteiger partial charge in [0.1, 0.15) is 18.0 Å². The Balaban J connectivity index is 1.34. The molecule has 190 valence electrons. The molecule has 8 bridgehead atoms. The lowest BCUT2D eigenvalue weighted by atomic mass is 9.43. The SMILES string of the molecule is CC(C)c1ccc(OC(C)C2CO2)c(C23CC4CC(CC(C4)C2)C3)c1C12CC3CC(CC(C3)C1)C2. The molecule has 9 aliphatic rings. The van der Waals surface area contributed by atoms with E-state index in [1.54, 1.807) is 11.1 Å². The van der Waals surface area contributed by atoms with Crippen LogP contribution in [0.1, 0.15) is 120 Å². The first-order chi connectivity index (χ1) is 16.9. The van der Waals surface area contributed by atoms with Crippen molar-refractivity contribution in [2.24, 2.45) is 35.5 Å². The van der Waals surface area contributed by atoms with Crippen LogP contribution in [0.2, 0.25) is 0 Å². The normalized spacial score (nSPS) is 47.5. The van der Waals surface area contributed by atoms with Crippen LogP contribution in [-0.2, 0) is 15.6 Å². The van der Waals surface area contributed by atoms with E-state index in [9.17, 15) is 0 Å². The van der Waals surface area contributed by atoms with E-state index in [2.05, 4.69) is 32.9 Å². The Morgan fingerprint density at radius 2 is 1.11 bits per heavy atom. The average Bonchev–Trinajstić information content (AvgIpc) is 3.62. The van der Waals surface area contributed by atoms with Crippen molar-refractivity contribution in [3.05, 3.63) is 28.8 Å². The number of hydrogen-bond donors (Lipinski definition) is 0. The highest BCUT2D eigenvalue weighted by atomic mass is 16.6. The number of hydrogen-bond acceptors (Lipinski definition) is 2. The predicted octanol–water partition coefficient (Wildman–Crippen LogP) is 7.91. The molecule has 2 heteroatoms. The monoisotopic (exact) mass is 474 g/mol. The van der Waals surface area contributed by atoms with Crippen molar-refractivity contribution < 1.29 is 9.47 Å². The Morgan fingerprint density at radius 3 is 1.51 bits per heavy atom. The molecule has 0 spiro atoms. The maximum Gasteiger partial charge on any atom is 0.124 e. The molecule has 35 heavy (non-hydrogen) atoms. The lowest BCUT2D eigenvalue weighted by Gasteiger charge is -2.61. The predicted molar refractivity (Wildman–Crippen MR) is 140 cm³/mol. The van der Waals surface area contributed by atoms with Gasteiger partial charge in [-0.3, -0.25) is 0 Å². The second-order valence-electron chi connectivity index (χ2n) is 15.1. The van der Waals surface area contributed by atoms with Gasteiger partial charge in [-0.05, 0) is 148 Å². The summed E-state index contributed by atoms with van der Waals surface area (Å²) in [5.74, 6) is 7.69. The van der Waals surface area contributed by atoms with E-state index in [-0.39, 0.29) is 6.10 Å².